The van der Waals surface area contributed by atoms with Gasteiger partial charge in [0.2, 0.25) is 0 Å². The van der Waals surface area contributed by atoms with Crippen LogP contribution in [0.4, 0.5) is 10.5 Å². The number of rotatable bonds is 4. The Hall–Kier alpha value is -3.59. The van der Waals surface area contributed by atoms with Crippen molar-refractivity contribution in [3.63, 3.8) is 0 Å². The smallest absolute Gasteiger partial charge is 0.337 e. The fourth-order valence-electron chi connectivity index (χ4n) is 4.33. The van der Waals surface area contributed by atoms with Crippen LogP contribution in [0.2, 0.25) is 0 Å². The van der Waals surface area contributed by atoms with Gasteiger partial charge in [0.1, 0.15) is 6.10 Å². The van der Waals surface area contributed by atoms with Gasteiger partial charge in [-0.05, 0) is 50.1 Å². The minimum Gasteiger partial charge on any atom is -0.493 e. The standard InChI is InChI=1S/C25H30N4O5/c1-15-12-18-13-21(32-4)22(33-5)14-20(18)23(27-29(15)25(31)26-3)17-6-8-19(9-7-17)28-10-11-34-16(2)24(28)30/h6-9,13-16H,10-12H2,1-5H3,(H,26,31). The second-order valence-electron chi connectivity index (χ2n) is 8.32. The molecule has 1 N–H and O–H groups in total. The molecule has 2 aliphatic heterocycles. The maximum atomic E-state index is 12.6. The van der Waals surface area contributed by atoms with Crippen LogP contribution < -0.4 is 19.7 Å². The Kier molecular flexibility index (Phi) is 6.74. The van der Waals surface area contributed by atoms with Crippen molar-refractivity contribution >= 4 is 23.3 Å². The fraction of sp³-hybridized carbons (Fsp3) is 0.400. The molecular formula is C25H30N4O5. The van der Waals surface area contributed by atoms with Gasteiger partial charge < -0.3 is 24.4 Å². The molecule has 2 aliphatic rings. The molecule has 4 rings (SSSR count). The molecule has 9 nitrogen and oxygen atoms in total. The van der Waals surface area contributed by atoms with Crippen molar-refractivity contribution in [2.24, 2.45) is 5.10 Å². The number of fused-ring (bicyclic) bond motifs is 1. The van der Waals surface area contributed by atoms with Gasteiger partial charge >= 0.3 is 6.03 Å². The van der Waals surface area contributed by atoms with Gasteiger partial charge in [0, 0.05) is 30.4 Å². The molecule has 9 heteroatoms. The zero-order chi connectivity index (χ0) is 24.4. The average Bonchev–Trinajstić information content (AvgIpc) is 3.00. The molecular weight excluding hydrogens is 436 g/mol. The molecule has 0 radical (unpaired) electrons. The number of hydrazone groups is 1. The summed E-state index contributed by atoms with van der Waals surface area (Å²) in [7, 11) is 4.78. The van der Waals surface area contributed by atoms with Crippen molar-refractivity contribution in [2.75, 3.05) is 39.3 Å². The van der Waals surface area contributed by atoms with E-state index >= 15 is 0 Å². The Morgan fingerprint density at radius 2 is 1.79 bits per heavy atom. The molecule has 34 heavy (non-hydrogen) atoms. The topological polar surface area (TPSA) is 92.7 Å². The molecule has 1 fully saturated rings. The number of urea groups is 1. The van der Waals surface area contributed by atoms with Crippen molar-refractivity contribution in [3.05, 3.63) is 53.1 Å². The molecule has 2 heterocycles. The molecule has 0 bridgehead atoms. The summed E-state index contributed by atoms with van der Waals surface area (Å²) < 4.78 is 16.5. The molecule has 0 spiro atoms. The highest BCUT2D eigenvalue weighted by Crippen LogP contribution is 2.35. The molecule has 0 aliphatic carbocycles. The summed E-state index contributed by atoms with van der Waals surface area (Å²) >= 11 is 0. The van der Waals surface area contributed by atoms with Crippen LogP contribution >= 0.6 is 0 Å². The van der Waals surface area contributed by atoms with Crippen LogP contribution in [0.3, 0.4) is 0 Å². The molecule has 2 atom stereocenters. The highest BCUT2D eigenvalue weighted by atomic mass is 16.5. The van der Waals surface area contributed by atoms with Crippen LogP contribution in [0.15, 0.2) is 41.5 Å². The van der Waals surface area contributed by atoms with Gasteiger partial charge in [-0.1, -0.05) is 12.1 Å². The Labute approximate surface area is 199 Å². The van der Waals surface area contributed by atoms with E-state index in [0.29, 0.717) is 36.8 Å². The highest BCUT2D eigenvalue weighted by molar-refractivity contribution is 6.14. The summed E-state index contributed by atoms with van der Waals surface area (Å²) in [5.74, 6) is 1.14. The van der Waals surface area contributed by atoms with E-state index in [0.717, 1.165) is 22.4 Å². The highest BCUT2D eigenvalue weighted by Gasteiger charge is 2.30. The number of methoxy groups -OCH3 is 2. The third-order valence-corrected chi connectivity index (χ3v) is 6.18. The van der Waals surface area contributed by atoms with Crippen molar-refractivity contribution in [2.45, 2.75) is 32.4 Å². The number of hydrogen-bond acceptors (Lipinski definition) is 6. The lowest BCUT2D eigenvalue weighted by atomic mass is 9.94. The first-order chi connectivity index (χ1) is 16.4. The SMILES string of the molecule is CNC(=O)N1N=C(c2ccc(N3CCOC(C)C3=O)cc2)c2cc(OC)c(OC)cc2CC1C. The van der Waals surface area contributed by atoms with Crippen LogP contribution in [0.1, 0.15) is 30.5 Å². The van der Waals surface area contributed by atoms with Crippen LogP contribution in [-0.2, 0) is 16.0 Å². The summed E-state index contributed by atoms with van der Waals surface area (Å²) in [5, 5.41) is 8.92. The van der Waals surface area contributed by atoms with E-state index in [2.05, 4.69) is 5.32 Å². The number of morpholine rings is 1. The quantitative estimate of drug-likeness (QED) is 0.748. The second kappa shape index (κ2) is 9.72. The maximum absolute atomic E-state index is 12.6. The Bertz CT molecular complexity index is 1120. The van der Waals surface area contributed by atoms with Crippen LogP contribution in [0.25, 0.3) is 0 Å². The number of benzene rings is 2. The monoisotopic (exact) mass is 466 g/mol. The molecule has 0 saturated carbocycles. The number of anilines is 1. The molecule has 2 unspecified atom stereocenters. The lowest BCUT2D eigenvalue weighted by Crippen LogP contribution is -2.46. The van der Waals surface area contributed by atoms with Gasteiger partial charge in [-0.3, -0.25) is 4.79 Å². The first-order valence-corrected chi connectivity index (χ1v) is 11.3. The van der Waals surface area contributed by atoms with Gasteiger partial charge in [0.15, 0.2) is 11.5 Å². The number of nitrogens with zero attached hydrogens (tertiary/aromatic N) is 3. The van der Waals surface area contributed by atoms with Crippen LogP contribution in [0.5, 0.6) is 11.5 Å². The van der Waals surface area contributed by atoms with Gasteiger partial charge in [-0.15, -0.1) is 0 Å². The Balaban J connectivity index is 1.80. The average molecular weight is 467 g/mol. The number of carbonyl (C=O) groups is 2. The van der Waals surface area contributed by atoms with Gasteiger partial charge in [0.05, 0.1) is 32.6 Å². The van der Waals surface area contributed by atoms with E-state index < -0.39 is 6.10 Å². The summed E-state index contributed by atoms with van der Waals surface area (Å²) in [6.07, 6.45) is 0.130. The minimum atomic E-state index is -0.461. The molecule has 0 aromatic heterocycles. The van der Waals surface area contributed by atoms with Gasteiger partial charge in [0.25, 0.3) is 5.91 Å². The number of hydrogen-bond donors (Lipinski definition) is 1. The summed E-state index contributed by atoms with van der Waals surface area (Å²) in [5.41, 5.74) is 4.10. The maximum Gasteiger partial charge on any atom is 0.337 e. The van der Waals surface area contributed by atoms with Crippen LogP contribution in [0, 0.1) is 0 Å². The third kappa shape index (κ3) is 4.31. The zero-order valence-electron chi connectivity index (χ0n) is 20.1. The second-order valence-corrected chi connectivity index (χ2v) is 8.32. The number of amides is 3. The van der Waals surface area contributed by atoms with E-state index in [1.165, 1.54) is 5.01 Å². The van der Waals surface area contributed by atoms with E-state index in [4.69, 9.17) is 19.3 Å². The van der Waals surface area contributed by atoms with Crippen LogP contribution in [-0.4, -0.2) is 69.2 Å². The third-order valence-electron chi connectivity index (χ3n) is 6.18. The van der Waals surface area contributed by atoms with Crippen molar-refractivity contribution in [1.82, 2.24) is 10.3 Å². The fourth-order valence-corrected chi connectivity index (χ4v) is 4.33. The summed E-state index contributed by atoms with van der Waals surface area (Å²) in [6, 6.07) is 11.0. The molecule has 180 valence electrons. The summed E-state index contributed by atoms with van der Waals surface area (Å²) in [6.45, 7) is 4.72. The van der Waals surface area contributed by atoms with E-state index in [1.807, 2.05) is 43.3 Å². The van der Waals surface area contributed by atoms with Crippen molar-refractivity contribution < 1.29 is 23.8 Å². The normalized spacial score (nSPS) is 20.3. The Morgan fingerprint density at radius 1 is 1.12 bits per heavy atom. The van der Waals surface area contributed by atoms with Gasteiger partial charge in [-0.25, -0.2) is 9.80 Å². The first kappa shape index (κ1) is 23.6. The lowest BCUT2D eigenvalue weighted by Gasteiger charge is -2.31. The number of nitrogens with one attached hydrogen (secondary N) is 1. The molecule has 3 amide bonds. The molecule has 1 saturated heterocycles. The number of carbonyl (C=O) groups excluding carboxylic acids is 2. The molecule has 2 aromatic rings. The van der Waals surface area contributed by atoms with E-state index in [-0.39, 0.29) is 18.0 Å². The van der Waals surface area contributed by atoms with Crippen molar-refractivity contribution in [1.29, 1.82) is 0 Å². The largest absolute Gasteiger partial charge is 0.493 e. The van der Waals surface area contributed by atoms with Gasteiger partial charge in [-0.2, -0.15) is 5.10 Å². The summed E-state index contributed by atoms with van der Waals surface area (Å²) in [4.78, 5) is 26.9. The molecule has 2 aromatic carbocycles. The predicted molar refractivity (Wildman–Crippen MR) is 129 cm³/mol. The van der Waals surface area contributed by atoms with Crippen molar-refractivity contribution in [3.8, 4) is 11.5 Å². The lowest BCUT2D eigenvalue weighted by molar-refractivity contribution is -0.132. The zero-order valence-corrected chi connectivity index (χ0v) is 20.1. The predicted octanol–water partition coefficient (Wildman–Crippen LogP) is 2.79. The Morgan fingerprint density at radius 3 is 2.44 bits per heavy atom. The first-order valence-electron chi connectivity index (χ1n) is 11.3. The van der Waals surface area contributed by atoms with E-state index in [1.54, 1.807) is 33.1 Å². The number of ether oxygens (including phenoxy) is 3. The minimum absolute atomic E-state index is 0.0624. The van der Waals surface area contributed by atoms with E-state index in [9.17, 15) is 9.59 Å².